The minimum absolute atomic E-state index is 0.248. The number of pyridine rings is 1. The van der Waals surface area contributed by atoms with E-state index in [1.165, 1.54) is 12.1 Å². The summed E-state index contributed by atoms with van der Waals surface area (Å²) in [7, 11) is 0. The average molecular weight is 337 g/mol. The Morgan fingerprint density at radius 3 is 2.40 bits per heavy atom. The van der Waals surface area contributed by atoms with E-state index in [1.54, 1.807) is 24.5 Å². The maximum Gasteiger partial charge on any atom is 0.147 e. The molecular weight excluding hydrogens is 317 g/mol. The minimum atomic E-state index is -0.248. The molecule has 3 heterocycles. The summed E-state index contributed by atoms with van der Waals surface area (Å²) in [6.45, 7) is 6.00. The first kappa shape index (κ1) is 15.8. The predicted octanol–water partition coefficient (Wildman–Crippen LogP) is 3.80. The molecule has 0 saturated heterocycles. The van der Waals surface area contributed by atoms with Crippen molar-refractivity contribution in [2.75, 3.05) is 12.0 Å². The number of benzene rings is 1. The monoisotopic (exact) mass is 337 g/mol. The molecule has 1 aliphatic heterocycles. The van der Waals surface area contributed by atoms with E-state index in [-0.39, 0.29) is 5.82 Å². The molecule has 0 saturated carbocycles. The van der Waals surface area contributed by atoms with Gasteiger partial charge in [-0.3, -0.25) is 4.98 Å². The predicted molar refractivity (Wildman–Crippen MR) is 96.3 cm³/mol. The van der Waals surface area contributed by atoms with Crippen molar-refractivity contribution >= 4 is 5.82 Å². The van der Waals surface area contributed by atoms with E-state index < -0.39 is 0 Å². The van der Waals surface area contributed by atoms with Gasteiger partial charge in [-0.2, -0.15) is 5.10 Å². The van der Waals surface area contributed by atoms with Crippen molar-refractivity contribution in [2.24, 2.45) is 0 Å². The van der Waals surface area contributed by atoms with Crippen LogP contribution in [0.15, 0.2) is 48.8 Å². The summed E-state index contributed by atoms with van der Waals surface area (Å²) >= 11 is 0. The van der Waals surface area contributed by atoms with E-state index in [0.717, 1.165) is 41.3 Å². The molecule has 0 aliphatic carbocycles. The zero-order chi connectivity index (χ0) is 17.4. The highest BCUT2D eigenvalue weighted by Crippen LogP contribution is 2.39. The number of rotatable bonds is 3. The summed E-state index contributed by atoms with van der Waals surface area (Å²) in [5, 5.41) is 7.01. The van der Waals surface area contributed by atoms with Crippen LogP contribution in [0.2, 0.25) is 0 Å². The maximum atomic E-state index is 13.3. The van der Waals surface area contributed by atoms with Crippen molar-refractivity contribution in [3.8, 4) is 22.4 Å². The Balaban J connectivity index is 1.89. The first-order chi connectivity index (χ1) is 12.1. The van der Waals surface area contributed by atoms with Gasteiger partial charge in [0.2, 0.25) is 0 Å². The zero-order valence-electron chi connectivity index (χ0n) is 14.3. The lowest BCUT2D eigenvalue weighted by molar-refractivity contribution is 0.234. The third-order valence-corrected chi connectivity index (χ3v) is 4.46. The van der Waals surface area contributed by atoms with E-state index in [9.17, 15) is 4.39 Å². The third kappa shape index (κ3) is 2.89. The van der Waals surface area contributed by atoms with Crippen LogP contribution in [0.4, 0.5) is 10.2 Å². The van der Waals surface area contributed by atoms with Crippen LogP contribution >= 0.6 is 0 Å². The first-order valence-electron chi connectivity index (χ1n) is 8.44. The molecule has 1 aromatic carbocycles. The number of nitrogens with zero attached hydrogens (tertiary/aromatic N) is 4. The molecule has 3 aromatic rings. The van der Waals surface area contributed by atoms with E-state index >= 15 is 0 Å². The fraction of sp³-hybridized carbons (Fsp3) is 0.263. The average Bonchev–Trinajstić information content (AvgIpc) is 3.01. The molecule has 0 spiro atoms. The summed E-state index contributed by atoms with van der Waals surface area (Å²) in [6, 6.07) is 10.8. The van der Waals surface area contributed by atoms with Gasteiger partial charge in [-0.1, -0.05) is 0 Å². The molecule has 0 atom stereocenters. The van der Waals surface area contributed by atoms with Crippen molar-refractivity contribution in [2.45, 2.75) is 26.4 Å². The van der Waals surface area contributed by atoms with Gasteiger partial charge in [0.1, 0.15) is 17.3 Å². The molecule has 0 fully saturated rings. The normalized spacial score (nSPS) is 14.4. The van der Waals surface area contributed by atoms with E-state index in [0.29, 0.717) is 6.04 Å². The van der Waals surface area contributed by atoms with E-state index in [2.05, 4.69) is 29.3 Å². The lowest BCUT2D eigenvalue weighted by Crippen LogP contribution is -2.43. The van der Waals surface area contributed by atoms with Crippen LogP contribution in [0.1, 0.15) is 13.8 Å². The molecule has 1 aliphatic rings. The molecule has 0 amide bonds. The standard InChI is InChI=1S/C19H20FN5/c1-13(2)24-11-12-25-19(23-24)17(14-7-9-21-10-8-14)18(22-25)15-3-5-16(20)6-4-15/h3-10,13,23H,11-12H2,1-2H3. The smallest absolute Gasteiger partial charge is 0.147 e. The molecular formula is C19H20FN5. The molecule has 0 radical (unpaired) electrons. The van der Waals surface area contributed by atoms with Gasteiger partial charge in [-0.15, -0.1) is 0 Å². The highest BCUT2D eigenvalue weighted by atomic mass is 19.1. The van der Waals surface area contributed by atoms with Crippen molar-refractivity contribution in [3.05, 3.63) is 54.6 Å². The summed E-state index contributed by atoms with van der Waals surface area (Å²) in [6.07, 6.45) is 3.55. The van der Waals surface area contributed by atoms with Gasteiger partial charge < -0.3 is 5.43 Å². The van der Waals surface area contributed by atoms with Gasteiger partial charge in [0.25, 0.3) is 0 Å². The van der Waals surface area contributed by atoms with Crippen LogP contribution in [-0.4, -0.2) is 32.4 Å². The van der Waals surface area contributed by atoms with Gasteiger partial charge >= 0.3 is 0 Å². The lowest BCUT2D eigenvalue weighted by Gasteiger charge is -2.32. The molecule has 4 rings (SSSR count). The number of halogens is 1. The van der Waals surface area contributed by atoms with Crippen molar-refractivity contribution in [3.63, 3.8) is 0 Å². The molecule has 5 nitrogen and oxygen atoms in total. The molecule has 25 heavy (non-hydrogen) atoms. The Kier molecular flexibility index (Phi) is 3.97. The zero-order valence-corrected chi connectivity index (χ0v) is 14.3. The Hall–Kier alpha value is -2.73. The van der Waals surface area contributed by atoms with Crippen molar-refractivity contribution in [1.29, 1.82) is 0 Å². The van der Waals surface area contributed by atoms with Gasteiger partial charge in [-0.05, 0) is 55.8 Å². The van der Waals surface area contributed by atoms with Gasteiger partial charge in [0, 0.05) is 30.5 Å². The summed E-state index contributed by atoms with van der Waals surface area (Å²) < 4.78 is 15.3. The Labute approximate surface area is 146 Å². The Bertz CT molecular complexity index is 871. The van der Waals surface area contributed by atoms with Gasteiger partial charge in [-0.25, -0.2) is 14.1 Å². The van der Waals surface area contributed by atoms with Gasteiger partial charge in [0.05, 0.1) is 12.1 Å². The van der Waals surface area contributed by atoms with Crippen LogP contribution < -0.4 is 5.43 Å². The number of anilines is 1. The second-order valence-corrected chi connectivity index (χ2v) is 6.44. The Morgan fingerprint density at radius 1 is 1.00 bits per heavy atom. The molecule has 1 N–H and O–H groups in total. The highest BCUT2D eigenvalue weighted by molar-refractivity contribution is 5.88. The third-order valence-electron chi connectivity index (χ3n) is 4.46. The summed E-state index contributed by atoms with van der Waals surface area (Å²) in [5.41, 5.74) is 7.30. The van der Waals surface area contributed by atoms with E-state index in [4.69, 9.17) is 5.10 Å². The number of hydrogen-bond donors (Lipinski definition) is 1. The molecule has 0 bridgehead atoms. The van der Waals surface area contributed by atoms with Crippen LogP contribution in [0, 0.1) is 5.82 Å². The van der Waals surface area contributed by atoms with Crippen molar-refractivity contribution in [1.82, 2.24) is 19.8 Å². The lowest BCUT2D eigenvalue weighted by atomic mass is 10.0. The topological polar surface area (TPSA) is 46.0 Å². The quantitative estimate of drug-likeness (QED) is 0.790. The molecule has 2 aromatic heterocycles. The SMILES string of the molecule is CC(C)N1CCn2nc(-c3ccc(F)cc3)c(-c3ccncc3)c2N1. The number of hydrogen-bond acceptors (Lipinski definition) is 4. The van der Waals surface area contributed by atoms with Crippen LogP contribution in [0.3, 0.4) is 0 Å². The number of hydrazine groups is 1. The Morgan fingerprint density at radius 2 is 1.72 bits per heavy atom. The van der Waals surface area contributed by atoms with Gasteiger partial charge in [0.15, 0.2) is 0 Å². The van der Waals surface area contributed by atoms with Crippen molar-refractivity contribution < 1.29 is 4.39 Å². The number of fused-ring (bicyclic) bond motifs is 1. The number of aromatic nitrogens is 3. The van der Waals surface area contributed by atoms with E-state index in [1.807, 2.05) is 16.8 Å². The maximum absolute atomic E-state index is 13.3. The minimum Gasteiger partial charge on any atom is -0.302 e. The molecule has 6 heteroatoms. The largest absolute Gasteiger partial charge is 0.302 e. The molecule has 128 valence electrons. The highest BCUT2D eigenvalue weighted by Gasteiger charge is 2.26. The molecule has 0 unspecified atom stereocenters. The fourth-order valence-corrected chi connectivity index (χ4v) is 3.12. The first-order valence-corrected chi connectivity index (χ1v) is 8.44. The fourth-order valence-electron chi connectivity index (χ4n) is 3.12. The van der Waals surface area contributed by atoms with Crippen LogP contribution in [-0.2, 0) is 6.54 Å². The van der Waals surface area contributed by atoms with Crippen LogP contribution in [0.25, 0.3) is 22.4 Å². The van der Waals surface area contributed by atoms with Crippen LogP contribution in [0.5, 0.6) is 0 Å². The second kappa shape index (κ2) is 6.29. The summed E-state index contributed by atoms with van der Waals surface area (Å²) in [5.74, 6) is 0.716. The summed E-state index contributed by atoms with van der Waals surface area (Å²) in [4.78, 5) is 4.12. The second-order valence-electron chi connectivity index (χ2n) is 6.44. The number of nitrogens with one attached hydrogen (secondary N) is 1.